The first-order valence-electron chi connectivity index (χ1n) is 4.26. The van der Waals surface area contributed by atoms with Crippen LogP contribution in [-0.2, 0) is 6.42 Å². The van der Waals surface area contributed by atoms with Gasteiger partial charge in [0.1, 0.15) is 0 Å². The molecule has 0 spiro atoms. The van der Waals surface area contributed by atoms with Crippen LogP contribution in [0.1, 0.15) is 10.6 Å². The molecule has 0 radical (unpaired) electrons. The highest BCUT2D eigenvalue weighted by atomic mass is 32.1. The number of hydrogen-bond acceptors (Lipinski definition) is 5. The van der Waals surface area contributed by atoms with Gasteiger partial charge in [-0.1, -0.05) is 0 Å². The third-order valence-corrected chi connectivity index (χ3v) is 3.17. The standard InChI is InChI=1S/C8H13N3O2S/c1-6-7(4-5-11(12)13)14-8(9-6)10(2)3/h4-5H2,1-3H3. The minimum Gasteiger partial charge on any atom is -0.354 e. The molecule has 14 heavy (non-hydrogen) atoms. The first-order chi connectivity index (χ1) is 6.50. The summed E-state index contributed by atoms with van der Waals surface area (Å²) in [7, 11) is 3.82. The van der Waals surface area contributed by atoms with Gasteiger partial charge >= 0.3 is 0 Å². The van der Waals surface area contributed by atoms with Crippen LogP contribution < -0.4 is 4.90 Å². The van der Waals surface area contributed by atoms with Gasteiger partial charge in [-0.3, -0.25) is 10.1 Å². The Labute approximate surface area is 86.5 Å². The smallest absolute Gasteiger partial charge is 0.208 e. The summed E-state index contributed by atoms with van der Waals surface area (Å²) >= 11 is 1.52. The fourth-order valence-corrected chi connectivity index (χ4v) is 2.00. The van der Waals surface area contributed by atoms with Crippen molar-refractivity contribution in [2.75, 3.05) is 25.5 Å². The van der Waals surface area contributed by atoms with E-state index in [9.17, 15) is 10.1 Å². The maximum Gasteiger partial charge on any atom is 0.208 e. The van der Waals surface area contributed by atoms with Gasteiger partial charge in [-0.15, -0.1) is 11.3 Å². The molecule has 6 heteroatoms. The molecule has 1 aromatic rings. The van der Waals surface area contributed by atoms with Crippen LogP contribution in [0.15, 0.2) is 0 Å². The van der Waals surface area contributed by atoms with Crippen molar-refractivity contribution in [1.82, 2.24) is 4.98 Å². The first-order valence-corrected chi connectivity index (χ1v) is 5.07. The highest BCUT2D eigenvalue weighted by Crippen LogP contribution is 2.24. The zero-order valence-corrected chi connectivity index (χ0v) is 9.30. The fraction of sp³-hybridized carbons (Fsp3) is 0.625. The molecule has 0 saturated heterocycles. The van der Waals surface area contributed by atoms with Crippen LogP contribution in [0.2, 0.25) is 0 Å². The van der Waals surface area contributed by atoms with Crippen molar-refractivity contribution >= 4 is 16.5 Å². The lowest BCUT2D eigenvalue weighted by Crippen LogP contribution is -2.07. The van der Waals surface area contributed by atoms with Crippen molar-refractivity contribution in [1.29, 1.82) is 0 Å². The van der Waals surface area contributed by atoms with Gasteiger partial charge in [-0.2, -0.15) is 0 Å². The molecule has 0 saturated carbocycles. The van der Waals surface area contributed by atoms with Crippen LogP contribution in [0.3, 0.4) is 0 Å². The number of nitro groups is 1. The molecule has 0 aliphatic carbocycles. The molecule has 0 aliphatic rings. The van der Waals surface area contributed by atoms with Gasteiger partial charge in [0.25, 0.3) is 0 Å². The Kier molecular flexibility index (Phi) is 3.40. The first kappa shape index (κ1) is 10.9. The Balaban J connectivity index is 2.72. The number of aromatic nitrogens is 1. The van der Waals surface area contributed by atoms with Gasteiger partial charge in [0.15, 0.2) is 5.13 Å². The van der Waals surface area contributed by atoms with Gasteiger partial charge in [0, 0.05) is 30.3 Å². The topological polar surface area (TPSA) is 59.3 Å². The number of rotatable bonds is 4. The molecular weight excluding hydrogens is 202 g/mol. The zero-order chi connectivity index (χ0) is 10.7. The van der Waals surface area contributed by atoms with Crippen molar-refractivity contribution in [2.45, 2.75) is 13.3 Å². The Morgan fingerprint density at radius 1 is 1.57 bits per heavy atom. The fourth-order valence-electron chi connectivity index (χ4n) is 1.03. The molecule has 0 bridgehead atoms. The second-order valence-electron chi connectivity index (χ2n) is 3.21. The van der Waals surface area contributed by atoms with Crippen LogP contribution in [-0.4, -0.2) is 30.5 Å². The van der Waals surface area contributed by atoms with E-state index in [2.05, 4.69) is 4.98 Å². The van der Waals surface area contributed by atoms with E-state index < -0.39 is 0 Å². The molecule has 0 atom stereocenters. The maximum atomic E-state index is 10.2. The van der Waals surface area contributed by atoms with E-state index in [0.717, 1.165) is 15.7 Å². The lowest BCUT2D eigenvalue weighted by molar-refractivity contribution is -0.479. The molecule has 0 aliphatic heterocycles. The largest absolute Gasteiger partial charge is 0.354 e. The van der Waals surface area contributed by atoms with E-state index >= 15 is 0 Å². The summed E-state index contributed by atoms with van der Waals surface area (Å²) in [6.45, 7) is 1.87. The van der Waals surface area contributed by atoms with Crippen LogP contribution in [0.4, 0.5) is 5.13 Å². The molecule has 78 valence electrons. The zero-order valence-electron chi connectivity index (χ0n) is 8.48. The SMILES string of the molecule is Cc1nc(N(C)C)sc1CC[N+](=O)[O-]. The molecule has 5 nitrogen and oxygen atoms in total. The van der Waals surface area contributed by atoms with Gasteiger partial charge in [-0.25, -0.2) is 4.98 Å². The monoisotopic (exact) mass is 215 g/mol. The van der Waals surface area contributed by atoms with E-state index in [1.54, 1.807) is 0 Å². The van der Waals surface area contributed by atoms with E-state index in [4.69, 9.17) is 0 Å². The third kappa shape index (κ3) is 2.66. The van der Waals surface area contributed by atoms with Gasteiger partial charge < -0.3 is 4.90 Å². The van der Waals surface area contributed by atoms with Crippen LogP contribution in [0.5, 0.6) is 0 Å². The summed E-state index contributed by atoms with van der Waals surface area (Å²) < 4.78 is 0. The summed E-state index contributed by atoms with van der Waals surface area (Å²) in [6.07, 6.45) is 0.477. The molecule has 0 aromatic carbocycles. The van der Waals surface area contributed by atoms with Crippen LogP contribution in [0.25, 0.3) is 0 Å². The molecule has 1 aromatic heterocycles. The number of aryl methyl sites for hydroxylation is 1. The van der Waals surface area contributed by atoms with E-state index in [1.807, 2.05) is 25.9 Å². The highest BCUT2D eigenvalue weighted by Gasteiger charge is 2.10. The summed E-state index contributed by atoms with van der Waals surface area (Å²) in [5.74, 6) is 0. The Morgan fingerprint density at radius 3 is 2.64 bits per heavy atom. The predicted molar refractivity (Wildman–Crippen MR) is 56.7 cm³/mol. The number of anilines is 1. The highest BCUT2D eigenvalue weighted by molar-refractivity contribution is 7.15. The number of nitrogens with zero attached hydrogens (tertiary/aromatic N) is 3. The molecule has 1 rings (SSSR count). The lowest BCUT2D eigenvalue weighted by atomic mass is 10.3. The Morgan fingerprint density at radius 2 is 2.21 bits per heavy atom. The molecule has 0 fully saturated rings. The van der Waals surface area contributed by atoms with E-state index in [0.29, 0.717) is 6.42 Å². The van der Waals surface area contributed by atoms with Crippen molar-refractivity contribution in [3.8, 4) is 0 Å². The van der Waals surface area contributed by atoms with Crippen molar-refractivity contribution < 1.29 is 4.92 Å². The Bertz CT molecular complexity index is 335. The summed E-state index contributed by atoms with van der Waals surface area (Å²) in [4.78, 5) is 17.1. The van der Waals surface area contributed by atoms with Crippen molar-refractivity contribution in [3.63, 3.8) is 0 Å². The minimum atomic E-state index is -0.297. The van der Waals surface area contributed by atoms with Crippen LogP contribution in [0, 0.1) is 17.0 Å². The normalized spacial score (nSPS) is 10.2. The summed E-state index contributed by atoms with van der Waals surface area (Å²) in [6, 6.07) is 0. The van der Waals surface area contributed by atoms with Gasteiger partial charge in [0.05, 0.1) is 5.69 Å². The average Bonchev–Trinajstić information content (AvgIpc) is 2.43. The second-order valence-corrected chi connectivity index (χ2v) is 4.27. The second kappa shape index (κ2) is 4.36. The lowest BCUT2D eigenvalue weighted by Gasteiger charge is -2.04. The van der Waals surface area contributed by atoms with Crippen molar-refractivity contribution in [2.24, 2.45) is 0 Å². The molecule has 1 heterocycles. The molecular formula is C8H13N3O2S. The maximum absolute atomic E-state index is 10.2. The third-order valence-electron chi connectivity index (χ3n) is 1.79. The number of thiazole rings is 1. The minimum absolute atomic E-state index is 0.0180. The van der Waals surface area contributed by atoms with E-state index in [1.165, 1.54) is 11.3 Å². The summed E-state index contributed by atoms with van der Waals surface area (Å²) in [5.41, 5.74) is 0.903. The van der Waals surface area contributed by atoms with Crippen molar-refractivity contribution in [3.05, 3.63) is 20.7 Å². The molecule has 0 N–H and O–H groups in total. The van der Waals surface area contributed by atoms with E-state index in [-0.39, 0.29) is 11.5 Å². The molecule has 0 unspecified atom stereocenters. The van der Waals surface area contributed by atoms with Gasteiger partial charge in [-0.05, 0) is 6.92 Å². The van der Waals surface area contributed by atoms with Crippen LogP contribution >= 0.6 is 11.3 Å². The summed E-state index contributed by atoms with van der Waals surface area (Å²) in [5, 5.41) is 11.1. The predicted octanol–water partition coefficient (Wildman–Crippen LogP) is 1.34. The average molecular weight is 215 g/mol. The molecule has 0 amide bonds. The quantitative estimate of drug-likeness (QED) is 0.561. The van der Waals surface area contributed by atoms with Gasteiger partial charge in [0.2, 0.25) is 6.54 Å². The Hall–Kier alpha value is -1.17. The number of hydrogen-bond donors (Lipinski definition) is 0.